The van der Waals surface area contributed by atoms with Crippen LogP contribution in [0.1, 0.15) is 0 Å². The van der Waals surface area contributed by atoms with Gasteiger partial charge in [0.2, 0.25) is 0 Å². The molecule has 10 heavy (non-hydrogen) atoms. The highest BCUT2D eigenvalue weighted by atomic mass is 16.5. The Morgan fingerprint density at radius 3 is 3.20 bits per heavy atom. The van der Waals surface area contributed by atoms with Gasteiger partial charge < -0.3 is 4.52 Å². The van der Waals surface area contributed by atoms with E-state index >= 15 is 0 Å². The average Bonchev–Trinajstić information content (AvgIpc) is 2.33. The lowest BCUT2D eigenvalue weighted by molar-refractivity contribution is 0.355. The summed E-state index contributed by atoms with van der Waals surface area (Å²) in [5.74, 6) is -0.0179. The van der Waals surface area contributed by atoms with Crippen molar-refractivity contribution in [2.45, 2.75) is 0 Å². The van der Waals surface area contributed by atoms with Gasteiger partial charge in [-0.3, -0.25) is 5.11 Å². The topological polar surface area (TPSA) is 45.9 Å². The van der Waals surface area contributed by atoms with Gasteiger partial charge in [-0.05, 0) is 18.2 Å². The number of hydrogen-bond donors (Lipinski definition) is 0. The average molecular weight is 134 g/mol. The largest absolute Gasteiger partial charge is 0.356 e. The van der Waals surface area contributed by atoms with E-state index in [0.717, 1.165) is 5.39 Å². The zero-order valence-electron chi connectivity index (χ0n) is 5.07. The van der Waals surface area contributed by atoms with E-state index in [1.165, 1.54) is 18.3 Å². The maximum Gasteiger partial charge on any atom is 0.179 e. The maximum absolute atomic E-state index is 10.7. The molecule has 0 spiro atoms. The molecule has 3 heteroatoms. The quantitative estimate of drug-likeness (QED) is 0.552. The number of aromatic nitrogens is 1. The highest BCUT2D eigenvalue weighted by Crippen LogP contribution is 2.18. The van der Waals surface area contributed by atoms with Gasteiger partial charge in [0.1, 0.15) is 0 Å². The zero-order chi connectivity index (χ0) is 6.97. The van der Waals surface area contributed by atoms with E-state index in [2.05, 4.69) is 5.16 Å². The summed E-state index contributed by atoms with van der Waals surface area (Å²) in [6.45, 7) is 0. The van der Waals surface area contributed by atoms with Gasteiger partial charge in [0, 0.05) is 5.39 Å². The van der Waals surface area contributed by atoms with Gasteiger partial charge in [-0.25, -0.2) is 0 Å². The van der Waals surface area contributed by atoms with Crippen LogP contribution in [0.15, 0.2) is 28.9 Å². The lowest BCUT2D eigenvalue weighted by Gasteiger charge is -1.83. The molecule has 49 valence electrons. The first kappa shape index (κ1) is 5.29. The summed E-state index contributed by atoms with van der Waals surface area (Å²) in [5, 5.41) is 15.0. The molecular formula is C7H4NO2. The van der Waals surface area contributed by atoms with Crippen LogP contribution >= 0.6 is 0 Å². The molecular weight excluding hydrogens is 130 g/mol. The van der Waals surface area contributed by atoms with Crippen LogP contribution in [0.4, 0.5) is 0 Å². The molecule has 0 amide bonds. The van der Waals surface area contributed by atoms with Crippen LogP contribution in [0.3, 0.4) is 0 Å². The van der Waals surface area contributed by atoms with Crippen molar-refractivity contribution in [3.05, 3.63) is 24.4 Å². The molecule has 1 radical (unpaired) electrons. The van der Waals surface area contributed by atoms with E-state index in [-0.39, 0.29) is 5.75 Å². The number of fused-ring (bicyclic) bond motifs is 1. The van der Waals surface area contributed by atoms with Gasteiger partial charge in [-0.1, -0.05) is 5.16 Å². The molecule has 0 unspecified atom stereocenters. The van der Waals surface area contributed by atoms with E-state index in [1.54, 1.807) is 6.07 Å². The van der Waals surface area contributed by atoms with E-state index in [0.29, 0.717) is 5.58 Å². The first-order chi connectivity index (χ1) is 4.86. The van der Waals surface area contributed by atoms with Crippen molar-refractivity contribution in [2.75, 3.05) is 0 Å². The lowest BCUT2D eigenvalue weighted by atomic mass is 10.2. The van der Waals surface area contributed by atoms with Crippen molar-refractivity contribution in [2.24, 2.45) is 0 Å². The Labute approximate surface area is 56.9 Å². The summed E-state index contributed by atoms with van der Waals surface area (Å²) < 4.78 is 4.78. The third-order valence-electron chi connectivity index (χ3n) is 1.32. The van der Waals surface area contributed by atoms with Crippen LogP contribution in [-0.2, 0) is 5.11 Å². The van der Waals surface area contributed by atoms with Crippen molar-refractivity contribution in [1.82, 2.24) is 5.16 Å². The van der Waals surface area contributed by atoms with Crippen LogP contribution < -0.4 is 0 Å². The predicted octanol–water partition coefficient (Wildman–Crippen LogP) is 1.97. The molecule has 1 aromatic carbocycles. The van der Waals surface area contributed by atoms with Crippen molar-refractivity contribution in [1.29, 1.82) is 0 Å². The SMILES string of the molecule is [O]c1ccc2oncc2c1. The van der Waals surface area contributed by atoms with E-state index in [9.17, 15) is 5.11 Å². The minimum atomic E-state index is -0.0179. The highest BCUT2D eigenvalue weighted by molar-refractivity contribution is 5.77. The highest BCUT2D eigenvalue weighted by Gasteiger charge is 1.98. The van der Waals surface area contributed by atoms with Gasteiger partial charge in [-0.15, -0.1) is 0 Å². The third kappa shape index (κ3) is 0.639. The number of benzene rings is 1. The minimum Gasteiger partial charge on any atom is -0.356 e. The fourth-order valence-electron chi connectivity index (χ4n) is 0.850. The molecule has 0 fully saturated rings. The molecule has 2 aromatic rings. The molecule has 1 heterocycles. The number of hydrogen-bond acceptors (Lipinski definition) is 2. The molecule has 0 N–H and O–H groups in total. The summed E-state index contributed by atoms with van der Waals surface area (Å²) in [5.41, 5.74) is 0.652. The number of nitrogens with zero attached hydrogens (tertiary/aromatic N) is 1. The summed E-state index contributed by atoms with van der Waals surface area (Å²) in [4.78, 5) is 0. The van der Waals surface area contributed by atoms with Crippen LogP contribution in [0.5, 0.6) is 5.75 Å². The Morgan fingerprint density at radius 1 is 1.40 bits per heavy atom. The molecule has 0 aliphatic carbocycles. The second-order valence-electron chi connectivity index (χ2n) is 2.03. The van der Waals surface area contributed by atoms with Gasteiger partial charge in [0.05, 0.1) is 6.20 Å². The van der Waals surface area contributed by atoms with Crippen LogP contribution in [0.25, 0.3) is 11.0 Å². The molecule has 0 atom stereocenters. The standard InChI is InChI=1S/C7H4NO2/c9-6-1-2-7-5(3-6)4-8-10-7/h1-4H. The molecule has 0 aliphatic rings. The van der Waals surface area contributed by atoms with E-state index in [4.69, 9.17) is 4.52 Å². The van der Waals surface area contributed by atoms with E-state index < -0.39 is 0 Å². The van der Waals surface area contributed by atoms with Crippen molar-refractivity contribution in [3.8, 4) is 5.75 Å². The van der Waals surface area contributed by atoms with Crippen LogP contribution in [0.2, 0.25) is 0 Å². The van der Waals surface area contributed by atoms with Gasteiger partial charge >= 0.3 is 0 Å². The fourth-order valence-corrected chi connectivity index (χ4v) is 0.850. The van der Waals surface area contributed by atoms with Crippen molar-refractivity contribution in [3.63, 3.8) is 0 Å². The summed E-state index contributed by atoms with van der Waals surface area (Å²) in [7, 11) is 0. The zero-order valence-corrected chi connectivity index (χ0v) is 5.07. The molecule has 0 saturated heterocycles. The van der Waals surface area contributed by atoms with Crippen molar-refractivity contribution >= 4 is 11.0 Å². The Balaban J connectivity index is 2.86. The molecule has 0 bridgehead atoms. The first-order valence-corrected chi connectivity index (χ1v) is 2.88. The monoisotopic (exact) mass is 134 g/mol. The van der Waals surface area contributed by atoms with Crippen LogP contribution in [0, 0.1) is 0 Å². The normalized spacial score (nSPS) is 10.4. The molecule has 3 nitrogen and oxygen atoms in total. The summed E-state index contributed by atoms with van der Waals surface area (Å²) >= 11 is 0. The summed E-state index contributed by atoms with van der Waals surface area (Å²) in [6.07, 6.45) is 1.52. The Bertz CT molecular complexity index is 353. The molecule has 1 aromatic heterocycles. The second kappa shape index (κ2) is 1.73. The fraction of sp³-hybridized carbons (Fsp3) is 0. The van der Waals surface area contributed by atoms with Crippen molar-refractivity contribution < 1.29 is 9.63 Å². The van der Waals surface area contributed by atoms with Gasteiger partial charge in [0.25, 0.3) is 0 Å². The summed E-state index contributed by atoms with van der Waals surface area (Å²) in [6, 6.07) is 4.56. The maximum atomic E-state index is 10.7. The third-order valence-corrected chi connectivity index (χ3v) is 1.32. The first-order valence-electron chi connectivity index (χ1n) is 2.88. The van der Waals surface area contributed by atoms with E-state index in [1.807, 2.05) is 0 Å². The molecule has 0 aliphatic heterocycles. The van der Waals surface area contributed by atoms with Gasteiger partial charge in [-0.2, -0.15) is 0 Å². The smallest absolute Gasteiger partial charge is 0.179 e. The molecule has 2 rings (SSSR count). The Hall–Kier alpha value is -1.51. The molecule has 0 saturated carbocycles. The predicted molar refractivity (Wildman–Crippen MR) is 34.1 cm³/mol. The minimum absolute atomic E-state index is 0.0179. The lowest BCUT2D eigenvalue weighted by Crippen LogP contribution is -1.61. The number of rotatable bonds is 0. The Kier molecular flexibility index (Phi) is 0.917. The van der Waals surface area contributed by atoms with Crippen LogP contribution in [-0.4, -0.2) is 5.16 Å². The Morgan fingerprint density at radius 2 is 2.30 bits per heavy atom. The second-order valence-corrected chi connectivity index (χ2v) is 2.03. The van der Waals surface area contributed by atoms with Gasteiger partial charge in [0.15, 0.2) is 11.3 Å².